The van der Waals surface area contributed by atoms with Gasteiger partial charge >= 0.3 is 0 Å². The van der Waals surface area contributed by atoms with Crippen molar-refractivity contribution >= 4 is 50.3 Å². The number of hydrogen-bond acceptors (Lipinski definition) is 5. The van der Waals surface area contributed by atoms with Crippen molar-refractivity contribution < 1.29 is 12.8 Å². The second kappa shape index (κ2) is 9.81. The lowest BCUT2D eigenvalue weighted by Crippen LogP contribution is -2.29. The fourth-order valence-corrected chi connectivity index (χ4v) is 5.70. The normalized spacial score (nSPS) is 17.6. The van der Waals surface area contributed by atoms with E-state index in [0.29, 0.717) is 27.3 Å². The van der Waals surface area contributed by atoms with Crippen LogP contribution in [0.5, 0.6) is 0 Å². The average molecular weight is 553 g/mol. The SMILES string of the molecule is Cc1cc(N2C(=S)N[C@@H](c3ccccn3)[C@H]2c2ccc(-c3cc(Cl)ccc3C)o2)ccc1NS(C)(=O)=O. The topological polar surface area (TPSA) is 87.5 Å². The lowest BCUT2D eigenvalue weighted by atomic mass is 10.0. The molecule has 2 aromatic carbocycles. The highest BCUT2D eigenvalue weighted by atomic mass is 35.5. The molecule has 0 amide bonds. The molecular weight excluding hydrogens is 528 g/mol. The summed E-state index contributed by atoms with van der Waals surface area (Å²) in [5.41, 5.74) is 4.86. The maximum absolute atomic E-state index is 11.8. The first-order valence-corrected chi connectivity index (χ1v) is 14.2. The molecule has 2 N–H and O–H groups in total. The summed E-state index contributed by atoms with van der Waals surface area (Å²) in [6, 6.07) is 20.2. The molecule has 0 spiro atoms. The van der Waals surface area contributed by atoms with Crippen LogP contribution in [-0.2, 0) is 10.0 Å². The van der Waals surface area contributed by atoms with Crippen molar-refractivity contribution in [3.8, 4) is 11.3 Å². The Labute approximate surface area is 226 Å². The van der Waals surface area contributed by atoms with Gasteiger partial charge < -0.3 is 14.6 Å². The van der Waals surface area contributed by atoms with E-state index in [1.165, 1.54) is 0 Å². The number of nitrogens with one attached hydrogen (secondary N) is 2. The van der Waals surface area contributed by atoms with Crippen LogP contribution in [0, 0.1) is 13.8 Å². The van der Waals surface area contributed by atoms with E-state index in [4.69, 9.17) is 28.2 Å². The van der Waals surface area contributed by atoms with E-state index in [0.717, 1.165) is 34.3 Å². The van der Waals surface area contributed by atoms with Gasteiger partial charge in [0.2, 0.25) is 10.0 Å². The molecule has 0 saturated carbocycles. The molecule has 0 unspecified atom stereocenters. The first kappa shape index (κ1) is 25.3. The first-order valence-electron chi connectivity index (χ1n) is 11.6. The van der Waals surface area contributed by atoms with Crippen LogP contribution >= 0.6 is 23.8 Å². The lowest BCUT2D eigenvalue weighted by Gasteiger charge is -2.27. The van der Waals surface area contributed by atoms with E-state index in [2.05, 4.69) is 15.0 Å². The summed E-state index contributed by atoms with van der Waals surface area (Å²) in [6.45, 7) is 3.86. The predicted octanol–water partition coefficient (Wildman–Crippen LogP) is 6.16. The summed E-state index contributed by atoms with van der Waals surface area (Å²) < 4.78 is 32.5. The average Bonchev–Trinajstić information content (AvgIpc) is 3.46. The molecule has 1 fully saturated rings. The smallest absolute Gasteiger partial charge is 0.229 e. The zero-order valence-corrected chi connectivity index (χ0v) is 22.8. The number of thiocarbonyl (C=S) groups is 1. The molecule has 1 saturated heterocycles. The van der Waals surface area contributed by atoms with Crippen LogP contribution in [0.15, 0.2) is 77.3 Å². The number of aryl methyl sites for hydroxylation is 2. The Bertz CT molecular complexity index is 1590. The quantitative estimate of drug-likeness (QED) is 0.277. The summed E-state index contributed by atoms with van der Waals surface area (Å²) in [4.78, 5) is 6.56. The van der Waals surface area contributed by atoms with Gasteiger partial charge in [0.15, 0.2) is 5.11 Å². The lowest BCUT2D eigenvalue weighted by molar-refractivity contribution is 0.439. The highest BCUT2D eigenvalue weighted by molar-refractivity contribution is 7.92. The minimum atomic E-state index is -3.41. The van der Waals surface area contributed by atoms with Crippen LogP contribution < -0.4 is 14.9 Å². The van der Waals surface area contributed by atoms with Gasteiger partial charge in [-0.1, -0.05) is 23.7 Å². The van der Waals surface area contributed by atoms with E-state index in [1.807, 2.05) is 79.4 Å². The van der Waals surface area contributed by atoms with Crippen molar-refractivity contribution in [1.82, 2.24) is 10.3 Å². The van der Waals surface area contributed by atoms with Crippen LogP contribution in [0.25, 0.3) is 11.3 Å². The summed E-state index contributed by atoms with van der Waals surface area (Å²) in [7, 11) is -3.41. The van der Waals surface area contributed by atoms with Gasteiger partial charge in [-0.3, -0.25) is 9.71 Å². The van der Waals surface area contributed by atoms with Crippen molar-refractivity contribution in [3.63, 3.8) is 0 Å². The fourth-order valence-electron chi connectivity index (χ4n) is 4.55. The van der Waals surface area contributed by atoms with Gasteiger partial charge in [0.25, 0.3) is 0 Å². The van der Waals surface area contributed by atoms with E-state index < -0.39 is 10.0 Å². The minimum absolute atomic E-state index is 0.276. The third kappa shape index (κ3) is 5.20. The zero-order chi connectivity index (χ0) is 26.3. The van der Waals surface area contributed by atoms with E-state index >= 15 is 0 Å². The van der Waals surface area contributed by atoms with Crippen LogP contribution in [0.1, 0.15) is 34.7 Å². The van der Waals surface area contributed by atoms with Gasteiger partial charge in [0, 0.05) is 22.5 Å². The molecule has 0 bridgehead atoms. The Hall–Kier alpha value is -3.40. The Kier molecular flexibility index (Phi) is 6.70. The second-order valence-corrected chi connectivity index (χ2v) is 11.6. The number of nitrogens with zero attached hydrogens (tertiary/aromatic N) is 2. The summed E-state index contributed by atoms with van der Waals surface area (Å²) in [6.07, 6.45) is 2.88. The maximum Gasteiger partial charge on any atom is 0.229 e. The molecule has 7 nitrogen and oxygen atoms in total. The van der Waals surface area contributed by atoms with Crippen molar-refractivity contribution in [2.75, 3.05) is 15.9 Å². The Balaban J connectivity index is 1.59. The highest BCUT2D eigenvalue weighted by Crippen LogP contribution is 2.43. The zero-order valence-electron chi connectivity index (χ0n) is 20.4. The highest BCUT2D eigenvalue weighted by Gasteiger charge is 2.42. The standard InChI is InChI=1S/C27H25ClN4O3S2/c1-16-7-8-18(28)15-20(16)23-11-12-24(35-23)26-25(22-6-4-5-13-29-22)30-27(36)32(26)19-9-10-21(17(2)14-19)31-37(3,33)34/h4-15,25-26,31H,1-3H3,(H,30,36)/t25-,26+/m0/s1. The van der Waals surface area contributed by atoms with Gasteiger partial charge in [0.05, 0.1) is 23.7 Å². The second-order valence-electron chi connectivity index (χ2n) is 9.03. The van der Waals surface area contributed by atoms with Gasteiger partial charge in [-0.25, -0.2) is 8.42 Å². The van der Waals surface area contributed by atoms with E-state index in [9.17, 15) is 8.42 Å². The van der Waals surface area contributed by atoms with Crippen molar-refractivity contribution in [2.24, 2.45) is 0 Å². The number of aromatic nitrogens is 1. The number of rotatable bonds is 6. The van der Waals surface area contributed by atoms with Crippen LogP contribution in [0.4, 0.5) is 11.4 Å². The Morgan fingerprint density at radius 1 is 1.05 bits per heavy atom. The Morgan fingerprint density at radius 3 is 2.57 bits per heavy atom. The predicted molar refractivity (Wildman–Crippen MR) is 151 cm³/mol. The largest absolute Gasteiger partial charge is 0.459 e. The molecule has 4 aromatic rings. The monoisotopic (exact) mass is 552 g/mol. The van der Waals surface area contributed by atoms with Gasteiger partial charge in [-0.05, 0) is 91.8 Å². The first-order chi connectivity index (χ1) is 17.6. The molecule has 37 heavy (non-hydrogen) atoms. The van der Waals surface area contributed by atoms with Crippen molar-refractivity contribution in [1.29, 1.82) is 0 Å². The molecule has 2 atom stereocenters. The number of pyridine rings is 1. The molecule has 0 radical (unpaired) electrons. The minimum Gasteiger partial charge on any atom is -0.459 e. The number of halogens is 1. The van der Waals surface area contributed by atoms with Crippen LogP contribution in [0.2, 0.25) is 5.02 Å². The molecule has 10 heteroatoms. The molecule has 1 aliphatic rings. The number of anilines is 2. The van der Waals surface area contributed by atoms with Crippen molar-refractivity contribution in [3.05, 3.63) is 101 Å². The van der Waals surface area contributed by atoms with E-state index in [-0.39, 0.29) is 12.1 Å². The van der Waals surface area contributed by atoms with E-state index in [1.54, 1.807) is 12.3 Å². The third-order valence-corrected chi connectivity index (χ3v) is 7.41. The Morgan fingerprint density at radius 2 is 1.86 bits per heavy atom. The number of hydrogen-bond donors (Lipinski definition) is 2. The fraction of sp³-hybridized carbons (Fsp3) is 0.185. The molecule has 3 heterocycles. The number of benzene rings is 2. The summed E-state index contributed by atoms with van der Waals surface area (Å²) in [5, 5.41) is 4.56. The van der Waals surface area contributed by atoms with Crippen molar-refractivity contribution in [2.45, 2.75) is 25.9 Å². The van der Waals surface area contributed by atoms with Gasteiger partial charge in [-0.15, -0.1) is 0 Å². The molecule has 0 aliphatic carbocycles. The third-order valence-electron chi connectivity index (χ3n) is 6.26. The molecular formula is C27H25ClN4O3S2. The van der Waals surface area contributed by atoms with Gasteiger partial charge in [-0.2, -0.15) is 0 Å². The molecule has 5 rings (SSSR count). The van der Waals surface area contributed by atoms with Crippen LogP contribution in [-0.4, -0.2) is 24.8 Å². The number of sulfonamides is 1. The molecule has 1 aliphatic heterocycles. The van der Waals surface area contributed by atoms with Crippen LogP contribution in [0.3, 0.4) is 0 Å². The summed E-state index contributed by atoms with van der Waals surface area (Å²) in [5.74, 6) is 1.41. The molecule has 2 aromatic heterocycles. The summed E-state index contributed by atoms with van der Waals surface area (Å²) >= 11 is 12.1. The maximum atomic E-state index is 11.8. The molecule has 190 valence electrons. The number of furan rings is 1. The van der Waals surface area contributed by atoms with Gasteiger partial charge in [0.1, 0.15) is 17.6 Å².